The van der Waals surface area contributed by atoms with Crippen molar-refractivity contribution in [3.63, 3.8) is 0 Å². The Kier molecular flexibility index (Phi) is 11.3. The number of β-amino-alcohol motifs (C(OH)–C–C–N with tert-alkyl or cyclic N) is 1. The molecule has 0 radical (unpaired) electrons. The van der Waals surface area contributed by atoms with Crippen LogP contribution in [0.15, 0.2) is 12.2 Å². The normalized spacial score (nSPS) is 17.2. The molecule has 0 spiro atoms. The molecule has 1 aliphatic carbocycles. The molecular weight excluding hydrogens is 314 g/mol. The smallest absolute Gasteiger partial charge is 0.328 e. The molecule has 24 heavy (non-hydrogen) atoms. The van der Waals surface area contributed by atoms with Crippen molar-refractivity contribution in [1.82, 2.24) is 5.32 Å². The second-order valence-corrected chi connectivity index (χ2v) is 6.89. The quantitative estimate of drug-likeness (QED) is 0.520. The van der Waals surface area contributed by atoms with Gasteiger partial charge in [0.05, 0.1) is 18.8 Å². The number of ether oxygens (including phenoxy) is 1. The highest BCUT2D eigenvalue weighted by Gasteiger charge is 2.16. The van der Waals surface area contributed by atoms with Gasteiger partial charge in [-0.2, -0.15) is 0 Å². The van der Waals surface area contributed by atoms with E-state index in [1.807, 2.05) is 0 Å². The van der Waals surface area contributed by atoms with Crippen molar-refractivity contribution in [1.29, 1.82) is 0 Å². The van der Waals surface area contributed by atoms with Gasteiger partial charge in [0.1, 0.15) is 0 Å². The molecule has 0 aromatic heterocycles. The third kappa shape index (κ3) is 15.5. The van der Waals surface area contributed by atoms with Gasteiger partial charge in [0.2, 0.25) is 0 Å². The van der Waals surface area contributed by atoms with Crippen LogP contribution in [0.25, 0.3) is 0 Å². The number of aliphatic hydroxyl groups excluding tert-OH is 1. The lowest BCUT2D eigenvalue weighted by Crippen LogP contribution is -2.42. The van der Waals surface area contributed by atoms with Crippen LogP contribution in [0.1, 0.15) is 52.9 Å². The summed E-state index contributed by atoms with van der Waals surface area (Å²) in [5, 5.41) is 28.7. The summed E-state index contributed by atoms with van der Waals surface area (Å²) in [5.41, 5.74) is 0.0613. The van der Waals surface area contributed by atoms with Crippen molar-refractivity contribution < 1.29 is 29.6 Å². The van der Waals surface area contributed by atoms with Gasteiger partial charge < -0.3 is 25.4 Å². The highest BCUT2D eigenvalue weighted by molar-refractivity contribution is 5.89. The van der Waals surface area contributed by atoms with E-state index in [0.717, 1.165) is 0 Å². The molecule has 140 valence electrons. The number of aliphatic carboxylic acids is 2. The lowest BCUT2D eigenvalue weighted by atomic mass is 9.98. The van der Waals surface area contributed by atoms with E-state index in [0.29, 0.717) is 31.4 Å². The summed E-state index contributed by atoms with van der Waals surface area (Å²) in [5.74, 6) is -2.51. The molecule has 1 saturated carbocycles. The average molecular weight is 345 g/mol. The number of carboxylic acids is 2. The molecule has 1 unspecified atom stereocenters. The number of rotatable bonds is 7. The number of carbonyl (C=O) groups is 2. The zero-order valence-corrected chi connectivity index (χ0v) is 14.8. The Balaban J connectivity index is 0.000000561. The van der Waals surface area contributed by atoms with Crippen LogP contribution in [0.4, 0.5) is 0 Å². The molecule has 1 fully saturated rings. The molecule has 1 aliphatic rings. The lowest BCUT2D eigenvalue weighted by Gasteiger charge is -2.26. The fourth-order valence-corrected chi connectivity index (χ4v) is 2.10. The highest BCUT2D eigenvalue weighted by Crippen LogP contribution is 2.20. The second kappa shape index (κ2) is 12.0. The van der Waals surface area contributed by atoms with Gasteiger partial charge in [-0.05, 0) is 33.6 Å². The summed E-state index contributed by atoms with van der Waals surface area (Å²) in [6.07, 6.45) is 7.35. The summed E-state index contributed by atoms with van der Waals surface area (Å²) in [4.78, 5) is 19.1. The van der Waals surface area contributed by atoms with Crippen LogP contribution >= 0.6 is 0 Å². The van der Waals surface area contributed by atoms with Gasteiger partial charge in [0.25, 0.3) is 0 Å². The maximum absolute atomic E-state index is 9.76. The lowest BCUT2D eigenvalue weighted by molar-refractivity contribution is -0.134. The summed E-state index contributed by atoms with van der Waals surface area (Å²) in [6.45, 7) is 7.37. The molecule has 7 nitrogen and oxygen atoms in total. The van der Waals surface area contributed by atoms with Crippen LogP contribution in [-0.2, 0) is 14.3 Å². The first-order valence-corrected chi connectivity index (χ1v) is 8.29. The molecule has 0 saturated heterocycles. The number of nitrogens with one attached hydrogen (secondary N) is 1. The minimum Gasteiger partial charge on any atom is -0.478 e. The third-order valence-electron chi connectivity index (χ3n) is 3.31. The first kappa shape index (κ1) is 22.6. The van der Waals surface area contributed by atoms with Crippen molar-refractivity contribution in [2.45, 2.75) is 70.6 Å². The van der Waals surface area contributed by atoms with E-state index in [1.165, 1.54) is 32.1 Å². The van der Waals surface area contributed by atoms with Crippen molar-refractivity contribution >= 4 is 11.9 Å². The van der Waals surface area contributed by atoms with Crippen LogP contribution in [-0.4, -0.2) is 58.2 Å². The van der Waals surface area contributed by atoms with Crippen LogP contribution < -0.4 is 5.32 Å². The Hall–Kier alpha value is -1.44. The zero-order chi connectivity index (χ0) is 18.6. The molecular formula is C17H31NO6. The molecule has 1 atom stereocenters. The standard InChI is InChI=1S/C13H27NO2.C4H4O4/c1-13(2,3)14-9-11(15)10-16-12-7-5-4-6-8-12;5-3(6)1-2-4(7)8/h11-12,14-15H,4-10H2,1-3H3;1-2H,(H,5,6)(H,7,8)/b;2-1+. The number of hydrogen-bond acceptors (Lipinski definition) is 5. The highest BCUT2D eigenvalue weighted by atomic mass is 16.5. The largest absolute Gasteiger partial charge is 0.478 e. The summed E-state index contributed by atoms with van der Waals surface area (Å²) in [7, 11) is 0. The molecule has 0 amide bonds. The molecule has 0 aromatic rings. The van der Waals surface area contributed by atoms with Crippen molar-refractivity contribution in [3.8, 4) is 0 Å². The fraction of sp³-hybridized carbons (Fsp3) is 0.765. The summed E-state index contributed by atoms with van der Waals surface area (Å²) in [6, 6.07) is 0. The van der Waals surface area contributed by atoms with Gasteiger partial charge in [-0.3, -0.25) is 0 Å². The van der Waals surface area contributed by atoms with Gasteiger partial charge in [0.15, 0.2) is 0 Å². The minimum atomic E-state index is -1.26. The number of aliphatic hydroxyl groups is 1. The second-order valence-electron chi connectivity index (χ2n) is 6.89. The monoisotopic (exact) mass is 345 g/mol. The Bertz CT molecular complexity index is 380. The van der Waals surface area contributed by atoms with E-state index < -0.39 is 11.9 Å². The number of carboxylic acid groups (broad SMARTS) is 2. The Labute approximate surface area is 143 Å². The molecule has 1 rings (SSSR count). The molecule has 0 heterocycles. The summed E-state index contributed by atoms with van der Waals surface area (Å²) < 4.78 is 5.72. The zero-order valence-electron chi connectivity index (χ0n) is 14.8. The van der Waals surface area contributed by atoms with E-state index in [-0.39, 0.29) is 11.6 Å². The molecule has 4 N–H and O–H groups in total. The third-order valence-corrected chi connectivity index (χ3v) is 3.31. The van der Waals surface area contributed by atoms with Crippen molar-refractivity contribution in [2.75, 3.05) is 13.2 Å². The first-order chi connectivity index (χ1) is 11.1. The Morgan fingerprint density at radius 3 is 2.04 bits per heavy atom. The maximum atomic E-state index is 9.76. The van der Waals surface area contributed by atoms with Crippen molar-refractivity contribution in [2.24, 2.45) is 0 Å². The van der Waals surface area contributed by atoms with E-state index in [1.54, 1.807) is 0 Å². The molecule has 7 heteroatoms. The van der Waals surface area contributed by atoms with Gasteiger partial charge in [-0.1, -0.05) is 19.3 Å². The maximum Gasteiger partial charge on any atom is 0.328 e. The van der Waals surface area contributed by atoms with Gasteiger partial charge in [-0.25, -0.2) is 9.59 Å². The van der Waals surface area contributed by atoms with Gasteiger partial charge in [0, 0.05) is 24.2 Å². The average Bonchev–Trinajstić information content (AvgIpc) is 2.50. The topological polar surface area (TPSA) is 116 Å². The minimum absolute atomic E-state index is 0.0613. The molecule has 0 aromatic carbocycles. The fourth-order valence-electron chi connectivity index (χ4n) is 2.10. The first-order valence-electron chi connectivity index (χ1n) is 8.29. The van der Waals surface area contributed by atoms with Gasteiger partial charge in [-0.15, -0.1) is 0 Å². The van der Waals surface area contributed by atoms with Crippen molar-refractivity contribution in [3.05, 3.63) is 12.2 Å². The molecule has 0 aliphatic heterocycles. The van der Waals surface area contributed by atoms with E-state index in [9.17, 15) is 14.7 Å². The Morgan fingerprint density at radius 2 is 1.62 bits per heavy atom. The van der Waals surface area contributed by atoms with Crippen LogP contribution in [0.3, 0.4) is 0 Å². The van der Waals surface area contributed by atoms with Gasteiger partial charge >= 0.3 is 11.9 Å². The van der Waals surface area contributed by atoms with E-state index >= 15 is 0 Å². The SMILES string of the molecule is CC(C)(C)NCC(O)COC1CCCCC1.O=C(O)/C=C/C(=O)O. The predicted octanol–water partition coefficient (Wildman–Crippen LogP) is 1.80. The molecule has 0 bridgehead atoms. The Morgan fingerprint density at radius 1 is 1.12 bits per heavy atom. The number of hydrogen-bond donors (Lipinski definition) is 4. The predicted molar refractivity (Wildman–Crippen MR) is 91.0 cm³/mol. The van der Waals surface area contributed by atoms with Crippen LogP contribution in [0.5, 0.6) is 0 Å². The van der Waals surface area contributed by atoms with Crippen LogP contribution in [0.2, 0.25) is 0 Å². The van der Waals surface area contributed by atoms with E-state index in [4.69, 9.17) is 14.9 Å². The summed E-state index contributed by atoms with van der Waals surface area (Å²) >= 11 is 0. The van der Waals surface area contributed by atoms with E-state index in [2.05, 4.69) is 26.1 Å². The van der Waals surface area contributed by atoms with Crippen LogP contribution in [0, 0.1) is 0 Å².